The van der Waals surface area contributed by atoms with Crippen LogP contribution in [0.3, 0.4) is 0 Å². The number of halogens is 1. The van der Waals surface area contributed by atoms with Gasteiger partial charge in [-0.3, -0.25) is 0 Å². The molecule has 20 heavy (non-hydrogen) atoms. The average molecular weight is 399 g/mol. The lowest BCUT2D eigenvalue weighted by molar-refractivity contribution is 0.297. The highest BCUT2D eigenvalue weighted by Crippen LogP contribution is 2.38. The van der Waals surface area contributed by atoms with Crippen LogP contribution >= 0.6 is 34.4 Å². The quantitative estimate of drug-likeness (QED) is 0.608. The maximum atomic E-state index is 5.78. The summed E-state index contributed by atoms with van der Waals surface area (Å²) in [5, 5.41) is 0. The summed E-state index contributed by atoms with van der Waals surface area (Å²) in [6.45, 7) is 1.43. The molecule has 1 aliphatic heterocycles. The second-order valence-corrected chi connectivity index (χ2v) is 6.73. The lowest BCUT2D eigenvalue weighted by Gasteiger charge is -2.10. The predicted molar refractivity (Wildman–Crippen MR) is 89.7 cm³/mol. The maximum Gasteiger partial charge on any atom is 0.162 e. The standard InChI is InChI=1S/C15H14INO2S/c16-12-8-10(17)2-5-15(12)20-11-3-4-13-14(9-11)19-7-1-6-18-13/h2-5,8-9H,1,6-7,17H2. The molecule has 0 radical (unpaired) electrons. The van der Waals surface area contributed by atoms with Crippen molar-refractivity contribution in [2.24, 2.45) is 0 Å². The van der Waals surface area contributed by atoms with Crippen LogP contribution in [0.4, 0.5) is 5.69 Å². The van der Waals surface area contributed by atoms with Crippen LogP contribution < -0.4 is 15.2 Å². The summed E-state index contributed by atoms with van der Waals surface area (Å²) in [4.78, 5) is 2.33. The first-order valence-electron chi connectivity index (χ1n) is 6.35. The first-order chi connectivity index (χ1) is 9.72. The van der Waals surface area contributed by atoms with Gasteiger partial charge in [0.05, 0.1) is 13.2 Å². The lowest BCUT2D eigenvalue weighted by atomic mass is 10.3. The Bertz CT molecular complexity index is 633. The number of ether oxygens (including phenoxy) is 2. The van der Waals surface area contributed by atoms with E-state index < -0.39 is 0 Å². The monoisotopic (exact) mass is 399 g/mol. The van der Waals surface area contributed by atoms with Gasteiger partial charge in [-0.25, -0.2) is 0 Å². The summed E-state index contributed by atoms with van der Waals surface area (Å²) in [6, 6.07) is 12.0. The fraction of sp³-hybridized carbons (Fsp3) is 0.200. The van der Waals surface area contributed by atoms with Gasteiger partial charge in [-0.05, 0) is 59.0 Å². The number of nitrogens with two attached hydrogens (primary N) is 1. The molecule has 0 aliphatic carbocycles. The van der Waals surface area contributed by atoms with Crippen molar-refractivity contribution in [1.29, 1.82) is 0 Å². The van der Waals surface area contributed by atoms with E-state index in [9.17, 15) is 0 Å². The molecule has 0 saturated carbocycles. The predicted octanol–water partition coefficient (Wildman–Crippen LogP) is 4.19. The number of hydrogen-bond donors (Lipinski definition) is 1. The van der Waals surface area contributed by atoms with Gasteiger partial charge in [0.1, 0.15) is 0 Å². The molecule has 2 N–H and O–H groups in total. The Hall–Kier alpha value is -1.08. The highest BCUT2D eigenvalue weighted by molar-refractivity contribution is 14.1. The summed E-state index contributed by atoms with van der Waals surface area (Å²) in [6.07, 6.45) is 0.924. The van der Waals surface area contributed by atoms with Crippen molar-refractivity contribution in [2.75, 3.05) is 18.9 Å². The van der Waals surface area contributed by atoms with Gasteiger partial charge >= 0.3 is 0 Å². The summed E-state index contributed by atoms with van der Waals surface area (Å²) in [5.74, 6) is 1.66. The second-order valence-electron chi connectivity index (χ2n) is 4.45. The molecule has 104 valence electrons. The first-order valence-corrected chi connectivity index (χ1v) is 8.24. The van der Waals surface area contributed by atoms with E-state index in [4.69, 9.17) is 15.2 Å². The molecular formula is C15H14INO2S. The van der Waals surface area contributed by atoms with Gasteiger partial charge in [-0.1, -0.05) is 11.8 Å². The Labute approximate surface area is 136 Å². The third-order valence-corrected chi connectivity index (χ3v) is 5.23. The average Bonchev–Trinajstić information content (AvgIpc) is 2.66. The van der Waals surface area contributed by atoms with Crippen LogP contribution in [0.5, 0.6) is 11.5 Å². The zero-order chi connectivity index (χ0) is 13.9. The molecule has 0 bridgehead atoms. The summed E-state index contributed by atoms with van der Waals surface area (Å²) >= 11 is 4.01. The maximum absolute atomic E-state index is 5.78. The van der Waals surface area contributed by atoms with Gasteiger partial charge in [0.2, 0.25) is 0 Å². The number of nitrogen functional groups attached to an aromatic ring is 1. The topological polar surface area (TPSA) is 44.5 Å². The summed E-state index contributed by atoms with van der Waals surface area (Å²) in [5.41, 5.74) is 6.57. The highest BCUT2D eigenvalue weighted by atomic mass is 127. The van der Waals surface area contributed by atoms with Crippen LogP contribution in [0.1, 0.15) is 6.42 Å². The minimum absolute atomic E-state index is 0.709. The van der Waals surface area contributed by atoms with Crippen molar-refractivity contribution in [1.82, 2.24) is 0 Å². The number of benzene rings is 2. The summed E-state index contributed by atoms with van der Waals surface area (Å²) in [7, 11) is 0. The molecule has 0 spiro atoms. The second kappa shape index (κ2) is 6.13. The lowest BCUT2D eigenvalue weighted by Crippen LogP contribution is -1.97. The Balaban J connectivity index is 1.86. The van der Waals surface area contributed by atoms with Crippen molar-refractivity contribution in [2.45, 2.75) is 16.2 Å². The number of anilines is 1. The van der Waals surface area contributed by atoms with E-state index >= 15 is 0 Å². The third kappa shape index (κ3) is 3.15. The van der Waals surface area contributed by atoms with E-state index in [1.54, 1.807) is 11.8 Å². The van der Waals surface area contributed by atoms with Gasteiger partial charge in [0.25, 0.3) is 0 Å². The smallest absolute Gasteiger partial charge is 0.162 e. The molecule has 1 heterocycles. The van der Waals surface area contributed by atoms with Crippen molar-refractivity contribution in [3.63, 3.8) is 0 Å². The Morgan fingerprint density at radius 1 is 1.00 bits per heavy atom. The van der Waals surface area contributed by atoms with Crippen LogP contribution in [-0.2, 0) is 0 Å². The molecule has 3 rings (SSSR count). The Morgan fingerprint density at radius 3 is 2.60 bits per heavy atom. The molecule has 0 unspecified atom stereocenters. The molecule has 0 saturated heterocycles. The third-order valence-electron chi connectivity index (χ3n) is 2.90. The van der Waals surface area contributed by atoms with E-state index in [0.29, 0.717) is 6.61 Å². The van der Waals surface area contributed by atoms with Gasteiger partial charge in [-0.15, -0.1) is 0 Å². The van der Waals surface area contributed by atoms with Crippen molar-refractivity contribution >= 4 is 40.0 Å². The van der Waals surface area contributed by atoms with E-state index in [1.165, 1.54) is 4.90 Å². The first kappa shape index (κ1) is 13.9. The normalized spacial score (nSPS) is 13.8. The molecule has 5 heteroatoms. The molecule has 1 aliphatic rings. The van der Waals surface area contributed by atoms with Gasteiger partial charge in [0.15, 0.2) is 11.5 Å². The van der Waals surface area contributed by atoms with Crippen LogP contribution in [-0.4, -0.2) is 13.2 Å². The minimum Gasteiger partial charge on any atom is -0.490 e. The van der Waals surface area contributed by atoms with Crippen LogP contribution in [0, 0.1) is 3.57 Å². The zero-order valence-electron chi connectivity index (χ0n) is 10.8. The SMILES string of the molecule is Nc1ccc(Sc2ccc3c(c2)OCCCO3)c(I)c1. The van der Waals surface area contributed by atoms with Gasteiger partial charge < -0.3 is 15.2 Å². The van der Waals surface area contributed by atoms with Crippen LogP contribution in [0.2, 0.25) is 0 Å². The fourth-order valence-corrected chi connectivity index (χ4v) is 3.65. The van der Waals surface area contributed by atoms with E-state index in [1.807, 2.05) is 30.3 Å². The molecule has 0 aromatic heterocycles. The number of fused-ring (bicyclic) bond motifs is 1. The van der Waals surface area contributed by atoms with Crippen LogP contribution in [0.25, 0.3) is 0 Å². The largest absolute Gasteiger partial charge is 0.490 e. The van der Waals surface area contributed by atoms with Crippen molar-refractivity contribution in [3.8, 4) is 11.5 Å². The molecule has 0 amide bonds. The van der Waals surface area contributed by atoms with E-state index in [2.05, 4.69) is 28.7 Å². The molecule has 0 atom stereocenters. The number of rotatable bonds is 2. The molecule has 2 aromatic carbocycles. The molecule has 0 fully saturated rings. The van der Waals surface area contributed by atoms with Gasteiger partial charge in [-0.2, -0.15) is 0 Å². The highest BCUT2D eigenvalue weighted by Gasteiger charge is 2.12. The Morgan fingerprint density at radius 2 is 1.80 bits per heavy atom. The van der Waals surface area contributed by atoms with Crippen molar-refractivity contribution < 1.29 is 9.47 Å². The fourth-order valence-electron chi connectivity index (χ4n) is 1.93. The summed E-state index contributed by atoms with van der Waals surface area (Å²) < 4.78 is 12.5. The number of hydrogen-bond acceptors (Lipinski definition) is 4. The van der Waals surface area contributed by atoms with Crippen molar-refractivity contribution in [3.05, 3.63) is 40.0 Å². The molecular weight excluding hydrogens is 385 g/mol. The van der Waals surface area contributed by atoms with Crippen LogP contribution in [0.15, 0.2) is 46.2 Å². The van der Waals surface area contributed by atoms with E-state index in [-0.39, 0.29) is 0 Å². The Kier molecular flexibility index (Phi) is 4.26. The molecule has 2 aromatic rings. The zero-order valence-corrected chi connectivity index (χ0v) is 13.7. The van der Waals surface area contributed by atoms with E-state index in [0.717, 1.165) is 38.7 Å². The minimum atomic E-state index is 0.709. The molecule has 3 nitrogen and oxygen atoms in total. The van der Waals surface area contributed by atoms with Gasteiger partial charge in [0, 0.05) is 25.5 Å².